The zero-order valence-electron chi connectivity index (χ0n) is 47.0. The summed E-state index contributed by atoms with van der Waals surface area (Å²) in [6, 6.07) is 0. The van der Waals surface area contributed by atoms with Crippen molar-refractivity contribution in [3.05, 3.63) is 60.8 Å². The van der Waals surface area contributed by atoms with E-state index in [1.54, 1.807) is 0 Å². The number of phosphoric acid groups is 1. The summed E-state index contributed by atoms with van der Waals surface area (Å²) >= 11 is 0. The van der Waals surface area contributed by atoms with E-state index in [1.165, 1.54) is 167 Å². The van der Waals surface area contributed by atoms with Gasteiger partial charge in [-0.15, -0.1) is 0 Å². The van der Waals surface area contributed by atoms with Gasteiger partial charge in [0, 0.05) is 12.8 Å². The summed E-state index contributed by atoms with van der Waals surface area (Å²) in [5, 5.41) is 0. The summed E-state index contributed by atoms with van der Waals surface area (Å²) in [5.41, 5.74) is 0. The zero-order chi connectivity index (χ0) is 52.0. The van der Waals surface area contributed by atoms with Gasteiger partial charge < -0.3 is 18.9 Å². The predicted octanol–water partition coefficient (Wildman–Crippen LogP) is 18.3. The molecular weight excluding hydrogens is 906 g/mol. The Morgan fingerprint density at radius 3 is 1.14 bits per heavy atom. The van der Waals surface area contributed by atoms with Gasteiger partial charge in [0.2, 0.25) is 0 Å². The molecule has 71 heavy (non-hydrogen) atoms. The van der Waals surface area contributed by atoms with Crippen LogP contribution in [0.15, 0.2) is 60.8 Å². The topological polar surface area (TPSA) is 108 Å². The van der Waals surface area contributed by atoms with E-state index in [-0.39, 0.29) is 32.0 Å². The molecule has 0 aliphatic carbocycles. The van der Waals surface area contributed by atoms with Crippen molar-refractivity contribution in [1.29, 1.82) is 0 Å². The van der Waals surface area contributed by atoms with Gasteiger partial charge in [-0.25, -0.2) is 4.57 Å². The van der Waals surface area contributed by atoms with E-state index in [4.69, 9.17) is 18.5 Å². The number of rotatable bonds is 54. The molecule has 0 aromatic carbocycles. The molecule has 0 aliphatic rings. The van der Waals surface area contributed by atoms with E-state index < -0.39 is 26.5 Å². The summed E-state index contributed by atoms with van der Waals surface area (Å²) < 4.78 is 34.6. The summed E-state index contributed by atoms with van der Waals surface area (Å²) in [7, 11) is 1.47. The minimum Gasteiger partial charge on any atom is -0.462 e. The Bertz CT molecular complexity index is 1380. The third kappa shape index (κ3) is 56.9. The van der Waals surface area contributed by atoms with Crippen LogP contribution >= 0.6 is 7.82 Å². The maximum atomic E-state index is 12.8. The molecule has 0 rings (SSSR count). The van der Waals surface area contributed by atoms with E-state index >= 15 is 0 Å². The molecule has 0 bridgehead atoms. The second-order valence-corrected chi connectivity index (χ2v) is 22.5. The molecule has 414 valence electrons. The average molecular weight is 1020 g/mol. The predicted molar refractivity (Wildman–Crippen MR) is 303 cm³/mol. The number of unbranched alkanes of at least 4 members (excludes halogenated alkanes) is 30. The van der Waals surface area contributed by atoms with Crippen molar-refractivity contribution < 1.29 is 42.1 Å². The van der Waals surface area contributed by atoms with Crippen LogP contribution < -0.4 is 0 Å². The van der Waals surface area contributed by atoms with Crippen molar-refractivity contribution in [3.63, 3.8) is 0 Å². The van der Waals surface area contributed by atoms with Crippen LogP contribution in [-0.2, 0) is 32.7 Å². The third-order valence-corrected chi connectivity index (χ3v) is 13.8. The van der Waals surface area contributed by atoms with Crippen molar-refractivity contribution in [2.24, 2.45) is 0 Å². The van der Waals surface area contributed by atoms with Crippen LogP contribution in [0.25, 0.3) is 0 Å². The fraction of sp³-hybridized carbons (Fsp3) is 0.803. The fourth-order valence-corrected chi connectivity index (χ4v) is 8.91. The summed E-state index contributed by atoms with van der Waals surface area (Å²) in [6.45, 7) is 4.42. The maximum Gasteiger partial charge on any atom is 0.472 e. The Morgan fingerprint density at radius 2 is 0.761 bits per heavy atom. The van der Waals surface area contributed by atoms with E-state index in [0.29, 0.717) is 17.4 Å². The summed E-state index contributed by atoms with van der Waals surface area (Å²) in [5.74, 6) is -0.801. The van der Waals surface area contributed by atoms with Gasteiger partial charge in [-0.05, 0) is 83.5 Å². The monoisotopic (exact) mass is 1020 g/mol. The number of ether oxygens (including phenoxy) is 2. The normalized spacial score (nSPS) is 13.7. The van der Waals surface area contributed by atoms with Gasteiger partial charge in [0.05, 0.1) is 27.7 Å². The lowest BCUT2D eigenvalue weighted by Gasteiger charge is -2.24. The Balaban J connectivity index is 4.13. The van der Waals surface area contributed by atoms with E-state index in [0.717, 1.165) is 64.2 Å². The maximum absolute atomic E-state index is 12.8. The lowest BCUT2D eigenvalue weighted by Crippen LogP contribution is -2.37. The van der Waals surface area contributed by atoms with Gasteiger partial charge in [-0.3, -0.25) is 18.6 Å². The van der Waals surface area contributed by atoms with Crippen LogP contribution in [0.3, 0.4) is 0 Å². The standard InChI is InChI=1S/C61H112NO8P/c1-6-8-10-12-14-16-18-20-22-24-26-27-28-29-30-31-32-33-34-35-36-38-40-42-44-46-48-50-52-54-61(64)70-59(58-69-71(65,66)68-56-55-62(3,4)5)57-67-60(63)53-51-49-47-45-43-41-39-37-25-23-21-19-17-15-13-11-9-7-2/h17-20,23-26,28-29,59H,6-16,21-22,27,30-58H2,1-5H3/p+1/b19-17-,20-18-,25-23-,26-24-,29-28-. The first-order valence-electron chi connectivity index (χ1n) is 29.5. The number of esters is 2. The molecule has 0 radical (unpaired) electrons. The molecule has 0 aliphatic heterocycles. The smallest absolute Gasteiger partial charge is 0.462 e. The Morgan fingerprint density at radius 1 is 0.437 bits per heavy atom. The van der Waals surface area contributed by atoms with Crippen LogP contribution in [0.5, 0.6) is 0 Å². The fourth-order valence-electron chi connectivity index (χ4n) is 8.17. The number of carbonyl (C=O) groups is 2. The SMILES string of the molecule is CCCCCC/C=C\C/C=C\CCCCCCCCCC(=O)OCC(COP(=O)(O)OCC[N+](C)(C)C)OC(=O)CCCCCCCCCCCCCCCC/C=C\C/C=C\C/C=C\CCCCCCC. The molecule has 2 atom stereocenters. The van der Waals surface area contributed by atoms with E-state index in [9.17, 15) is 19.0 Å². The highest BCUT2D eigenvalue weighted by Crippen LogP contribution is 2.43. The third-order valence-electron chi connectivity index (χ3n) is 12.8. The first-order valence-corrected chi connectivity index (χ1v) is 31.0. The number of quaternary nitrogens is 1. The van der Waals surface area contributed by atoms with E-state index in [2.05, 4.69) is 74.6 Å². The molecule has 0 heterocycles. The second kappa shape index (κ2) is 52.6. The van der Waals surface area contributed by atoms with Gasteiger partial charge in [0.15, 0.2) is 6.10 Å². The molecule has 0 saturated heterocycles. The minimum absolute atomic E-state index is 0.0291. The van der Waals surface area contributed by atoms with Gasteiger partial charge in [-0.1, -0.05) is 229 Å². The van der Waals surface area contributed by atoms with Gasteiger partial charge in [-0.2, -0.15) is 0 Å². The Labute approximate surface area is 438 Å². The number of nitrogens with zero attached hydrogens (tertiary/aromatic N) is 1. The first kappa shape index (κ1) is 68.7. The minimum atomic E-state index is -4.39. The number of carbonyl (C=O) groups excluding carboxylic acids is 2. The molecule has 0 saturated carbocycles. The zero-order valence-corrected chi connectivity index (χ0v) is 47.9. The van der Waals surface area contributed by atoms with E-state index in [1.807, 2.05) is 21.1 Å². The van der Waals surface area contributed by atoms with Crippen LogP contribution in [0, 0.1) is 0 Å². The molecule has 0 spiro atoms. The summed E-state index contributed by atoms with van der Waals surface area (Å²) in [6.07, 6.45) is 67.1. The number of allylic oxidation sites excluding steroid dienone is 10. The van der Waals surface area contributed by atoms with Crippen molar-refractivity contribution >= 4 is 19.8 Å². The van der Waals surface area contributed by atoms with Crippen molar-refractivity contribution in [2.45, 2.75) is 270 Å². The van der Waals surface area contributed by atoms with Crippen LogP contribution in [0.4, 0.5) is 0 Å². The van der Waals surface area contributed by atoms with Gasteiger partial charge in [0.1, 0.15) is 19.8 Å². The van der Waals surface area contributed by atoms with Crippen molar-refractivity contribution in [2.75, 3.05) is 47.5 Å². The number of likely N-dealkylation sites (N-methyl/N-ethyl adjacent to an activating group) is 1. The number of hydrogen-bond acceptors (Lipinski definition) is 7. The summed E-state index contributed by atoms with van der Waals surface area (Å²) in [4.78, 5) is 35.7. The molecule has 2 unspecified atom stereocenters. The molecule has 0 amide bonds. The Hall–Kier alpha value is -2.29. The quantitative estimate of drug-likeness (QED) is 0.0211. The molecule has 1 N–H and O–H groups in total. The molecule has 9 nitrogen and oxygen atoms in total. The average Bonchev–Trinajstić information content (AvgIpc) is 3.33. The molecule has 0 aromatic rings. The highest BCUT2D eigenvalue weighted by molar-refractivity contribution is 7.47. The van der Waals surface area contributed by atoms with Gasteiger partial charge in [0.25, 0.3) is 0 Å². The van der Waals surface area contributed by atoms with Crippen LogP contribution in [-0.4, -0.2) is 74.9 Å². The lowest BCUT2D eigenvalue weighted by atomic mass is 10.0. The highest BCUT2D eigenvalue weighted by Gasteiger charge is 2.27. The molecule has 10 heteroatoms. The largest absolute Gasteiger partial charge is 0.472 e. The Kier molecular flexibility index (Phi) is 50.9. The highest BCUT2D eigenvalue weighted by atomic mass is 31.2. The number of phosphoric ester groups is 1. The second-order valence-electron chi connectivity index (χ2n) is 21.0. The molecular formula is C61H113NO8P+. The van der Waals surface area contributed by atoms with Gasteiger partial charge >= 0.3 is 19.8 Å². The number of hydrogen-bond donors (Lipinski definition) is 1. The lowest BCUT2D eigenvalue weighted by molar-refractivity contribution is -0.870. The molecule has 0 fully saturated rings. The van der Waals surface area contributed by atoms with Crippen LogP contribution in [0.1, 0.15) is 264 Å². The van der Waals surface area contributed by atoms with Crippen molar-refractivity contribution in [1.82, 2.24) is 0 Å². The first-order chi connectivity index (χ1) is 34.5. The molecule has 0 aromatic heterocycles. The van der Waals surface area contributed by atoms with Crippen LogP contribution in [0.2, 0.25) is 0 Å². The van der Waals surface area contributed by atoms with Crippen molar-refractivity contribution in [3.8, 4) is 0 Å².